The zero-order chi connectivity index (χ0) is 18.8. The van der Waals surface area contributed by atoms with E-state index in [1.165, 1.54) is 0 Å². The number of guanidine groups is 1. The van der Waals surface area contributed by atoms with Gasteiger partial charge in [-0.25, -0.2) is 9.98 Å². The fraction of sp³-hybridized carbons (Fsp3) is 0.529. The van der Waals surface area contributed by atoms with Gasteiger partial charge >= 0.3 is 0 Å². The topological polar surface area (TPSA) is 89.2 Å². The van der Waals surface area contributed by atoms with Gasteiger partial charge in [0.05, 0.1) is 0 Å². The van der Waals surface area contributed by atoms with E-state index in [0.717, 1.165) is 49.1 Å². The Morgan fingerprint density at radius 3 is 2.67 bits per heavy atom. The van der Waals surface area contributed by atoms with Gasteiger partial charge in [0.15, 0.2) is 11.8 Å². The number of pyridine rings is 1. The van der Waals surface area contributed by atoms with Gasteiger partial charge in [-0.15, -0.1) is 34.2 Å². The van der Waals surface area contributed by atoms with Crippen molar-refractivity contribution >= 4 is 41.5 Å². The average Bonchev–Trinajstić information content (AvgIpc) is 2.96. The molecule has 2 rings (SSSR count). The number of aromatic nitrogens is 4. The lowest BCUT2D eigenvalue weighted by Gasteiger charge is -2.12. The number of rotatable bonds is 9. The quantitative estimate of drug-likeness (QED) is 0.178. The van der Waals surface area contributed by atoms with E-state index in [2.05, 4.69) is 30.8 Å². The van der Waals surface area contributed by atoms with Crippen LogP contribution in [0.25, 0.3) is 0 Å². The molecule has 0 radical (unpaired) electrons. The zero-order valence-corrected chi connectivity index (χ0v) is 19.0. The average molecular weight is 508 g/mol. The van der Waals surface area contributed by atoms with E-state index in [1.807, 2.05) is 24.6 Å². The number of aryl methyl sites for hydroxylation is 1. The van der Waals surface area contributed by atoms with Crippen molar-refractivity contribution in [3.63, 3.8) is 0 Å². The molecule has 0 aliphatic carbocycles. The summed E-state index contributed by atoms with van der Waals surface area (Å²) >= 11 is 5.81. The maximum Gasteiger partial charge on any atom is 0.191 e. The van der Waals surface area contributed by atoms with Gasteiger partial charge in [0.1, 0.15) is 17.5 Å². The number of nitrogens with one attached hydrogen (secondary N) is 2. The summed E-state index contributed by atoms with van der Waals surface area (Å²) in [5, 5.41) is 15.4. The minimum atomic E-state index is 0. The molecule has 8 nitrogen and oxygen atoms in total. The van der Waals surface area contributed by atoms with Crippen LogP contribution < -0.4 is 10.6 Å². The summed E-state index contributed by atoms with van der Waals surface area (Å²) in [6.07, 6.45) is 3.52. The van der Waals surface area contributed by atoms with Crippen molar-refractivity contribution in [2.45, 2.75) is 26.3 Å². The number of hydrogen-bond acceptors (Lipinski definition) is 5. The Bertz CT molecular complexity index is 706. The van der Waals surface area contributed by atoms with Crippen LogP contribution in [-0.2, 0) is 24.8 Å². The second-order valence-electron chi connectivity index (χ2n) is 5.83. The molecule has 0 amide bonds. The van der Waals surface area contributed by atoms with Gasteiger partial charge in [-0.05, 0) is 31.4 Å². The molecule has 2 N–H and O–H groups in total. The number of methoxy groups -OCH3 is 1. The minimum absolute atomic E-state index is 0. The summed E-state index contributed by atoms with van der Waals surface area (Å²) in [5.74, 6) is 2.43. The molecule has 0 aromatic carbocycles. The standard InChI is InChI=1S/C17H26ClN7O.HI/c1-13-23-24-16(25(13)2)12-22-17(19-8-4-10-26-3)20-9-7-14-5-6-15(18)21-11-14;/h5-6,11H,4,7-10,12H2,1-3H3,(H2,19,20,22);1H. The van der Waals surface area contributed by atoms with E-state index in [1.54, 1.807) is 19.4 Å². The molecule has 2 heterocycles. The number of hydrogen-bond donors (Lipinski definition) is 2. The summed E-state index contributed by atoms with van der Waals surface area (Å²) in [4.78, 5) is 8.70. The van der Waals surface area contributed by atoms with Crippen LogP contribution in [0.2, 0.25) is 5.15 Å². The highest BCUT2D eigenvalue weighted by molar-refractivity contribution is 14.0. The van der Waals surface area contributed by atoms with Gasteiger partial charge < -0.3 is 19.9 Å². The summed E-state index contributed by atoms with van der Waals surface area (Å²) in [5.41, 5.74) is 1.12. The van der Waals surface area contributed by atoms with Crippen LogP contribution in [0.5, 0.6) is 0 Å². The molecule has 0 aliphatic heterocycles. The molecular weight excluding hydrogens is 481 g/mol. The van der Waals surface area contributed by atoms with Crippen molar-refractivity contribution < 1.29 is 4.74 Å². The van der Waals surface area contributed by atoms with Crippen LogP contribution in [0.15, 0.2) is 23.3 Å². The highest BCUT2D eigenvalue weighted by atomic mass is 127. The SMILES string of the molecule is COCCCNC(=NCc1nnc(C)n1C)NCCc1ccc(Cl)nc1.I. The lowest BCUT2D eigenvalue weighted by atomic mass is 10.2. The van der Waals surface area contributed by atoms with E-state index >= 15 is 0 Å². The van der Waals surface area contributed by atoms with Gasteiger partial charge in [-0.3, -0.25) is 0 Å². The molecule has 0 atom stereocenters. The molecule has 27 heavy (non-hydrogen) atoms. The highest BCUT2D eigenvalue weighted by Crippen LogP contribution is 2.05. The minimum Gasteiger partial charge on any atom is -0.385 e. The van der Waals surface area contributed by atoms with E-state index < -0.39 is 0 Å². The first-order valence-corrected chi connectivity index (χ1v) is 8.94. The Kier molecular flexibility index (Phi) is 11.2. The van der Waals surface area contributed by atoms with Crippen LogP contribution in [0.3, 0.4) is 0 Å². The number of nitrogens with zero attached hydrogens (tertiary/aromatic N) is 5. The zero-order valence-electron chi connectivity index (χ0n) is 15.9. The second-order valence-corrected chi connectivity index (χ2v) is 6.21. The van der Waals surface area contributed by atoms with Gasteiger partial charge in [0.25, 0.3) is 0 Å². The number of aliphatic imine (C=N–C) groups is 1. The first kappa shape index (κ1) is 23.6. The third-order valence-corrected chi connectivity index (χ3v) is 4.10. The Morgan fingerprint density at radius 1 is 1.26 bits per heavy atom. The maximum atomic E-state index is 5.81. The van der Waals surface area contributed by atoms with Crippen molar-refractivity contribution in [1.29, 1.82) is 0 Å². The normalized spacial score (nSPS) is 11.2. The van der Waals surface area contributed by atoms with Gasteiger partial charge in [0.2, 0.25) is 0 Å². The van der Waals surface area contributed by atoms with Crippen LogP contribution in [0.4, 0.5) is 0 Å². The largest absolute Gasteiger partial charge is 0.385 e. The van der Waals surface area contributed by atoms with E-state index in [0.29, 0.717) is 18.3 Å². The first-order valence-electron chi connectivity index (χ1n) is 8.56. The fourth-order valence-corrected chi connectivity index (χ4v) is 2.33. The van der Waals surface area contributed by atoms with Gasteiger partial charge in [0, 0.05) is 40.1 Å². The molecule has 0 spiro atoms. The molecule has 10 heteroatoms. The third-order valence-electron chi connectivity index (χ3n) is 3.87. The molecule has 0 unspecified atom stereocenters. The predicted molar refractivity (Wildman–Crippen MR) is 118 cm³/mol. The summed E-state index contributed by atoms with van der Waals surface area (Å²) in [6, 6.07) is 3.77. The Balaban J connectivity index is 0.00000364. The molecule has 0 saturated carbocycles. The van der Waals surface area contributed by atoms with Gasteiger partial charge in [-0.2, -0.15) is 0 Å². The number of ether oxygens (including phenoxy) is 1. The van der Waals surface area contributed by atoms with E-state index in [9.17, 15) is 0 Å². The molecule has 0 bridgehead atoms. The van der Waals surface area contributed by atoms with Gasteiger partial charge in [-0.1, -0.05) is 17.7 Å². The van der Waals surface area contributed by atoms with E-state index in [-0.39, 0.29) is 24.0 Å². The first-order chi connectivity index (χ1) is 12.6. The summed E-state index contributed by atoms with van der Waals surface area (Å²) < 4.78 is 7.02. The van der Waals surface area contributed by atoms with Crippen molar-refractivity contribution in [3.8, 4) is 0 Å². The fourth-order valence-electron chi connectivity index (χ4n) is 2.22. The molecule has 0 saturated heterocycles. The Hall–Kier alpha value is -1.46. The highest BCUT2D eigenvalue weighted by Gasteiger charge is 2.05. The van der Waals surface area contributed by atoms with Crippen LogP contribution in [-0.4, -0.2) is 52.5 Å². The maximum absolute atomic E-state index is 5.81. The predicted octanol–water partition coefficient (Wildman–Crippen LogP) is 2.10. The van der Waals surface area contributed by atoms with Crippen LogP contribution >= 0.6 is 35.6 Å². The molecule has 0 fully saturated rings. The Labute approximate surface area is 182 Å². The Morgan fingerprint density at radius 2 is 2.04 bits per heavy atom. The van der Waals surface area contributed by atoms with Crippen LogP contribution in [0.1, 0.15) is 23.6 Å². The lowest BCUT2D eigenvalue weighted by molar-refractivity contribution is 0.195. The molecule has 0 aliphatic rings. The monoisotopic (exact) mass is 507 g/mol. The summed E-state index contributed by atoms with van der Waals surface area (Å²) in [6.45, 7) is 4.60. The molecule has 2 aromatic rings. The molecule has 150 valence electrons. The number of halogens is 2. The van der Waals surface area contributed by atoms with E-state index in [4.69, 9.17) is 16.3 Å². The third kappa shape index (κ3) is 8.39. The molecular formula is C17H27ClIN7O. The van der Waals surface area contributed by atoms with Crippen molar-refractivity contribution in [3.05, 3.63) is 40.7 Å². The van der Waals surface area contributed by atoms with Crippen LogP contribution in [0, 0.1) is 6.92 Å². The second kappa shape index (κ2) is 12.8. The van der Waals surface area contributed by atoms with Crippen molar-refractivity contribution in [1.82, 2.24) is 30.4 Å². The lowest BCUT2D eigenvalue weighted by Crippen LogP contribution is -2.39. The smallest absolute Gasteiger partial charge is 0.191 e. The van der Waals surface area contributed by atoms with Crippen molar-refractivity contribution in [2.24, 2.45) is 12.0 Å². The summed E-state index contributed by atoms with van der Waals surface area (Å²) in [7, 11) is 3.64. The van der Waals surface area contributed by atoms with Crippen molar-refractivity contribution in [2.75, 3.05) is 26.8 Å². The molecule has 2 aromatic heterocycles.